The Hall–Kier alpha value is -3.55. The molecule has 186 valence electrons. The third-order valence-corrected chi connectivity index (χ3v) is 6.12. The number of hydrogen-bond donors (Lipinski definition) is 1. The van der Waals surface area contributed by atoms with Gasteiger partial charge in [0.2, 0.25) is 11.8 Å². The van der Waals surface area contributed by atoms with Gasteiger partial charge in [-0.3, -0.25) is 9.78 Å². The fraction of sp³-hybridized carbons (Fsp3) is 0.407. The number of ether oxygens (including phenoxy) is 1. The third-order valence-electron chi connectivity index (χ3n) is 6.12. The van der Waals surface area contributed by atoms with Crippen molar-refractivity contribution >= 4 is 11.7 Å². The Labute approximate surface area is 206 Å². The maximum atomic E-state index is 14.4. The lowest BCUT2D eigenvalue weighted by molar-refractivity contribution is -0.132. The minimum absolute atomic E-state index is 0.188. The molecule has 0 aliphatic heterocycles. The Morgan fingerprint density at radius 1 is 1.23 bits per heavy atom. The molecule has 3 aromatic heterocycles. The van der Waals surface area contributed by atoms with Crippen molar-refractivity contribution in [2.45, 2.75) is 52.9 Å². The molecule has 7 nitrogen and oxygen atoms in total. The molecular weight excluding hydrogens is 445 g/mol. The molecule has 0 aliphatic carbocycles. The number of hydrogen-bond acceptors (Lipinski definition) is 6. The smallest absolute Gasteiger partial charge is 0.231 e. The van der Waals surface area contributed by atoms with Crippen LogP contribution in [0.25, 0.3) is 11.1 Å². The van der Waals surface area contributed by atoms with E-state index in [1.165, 1.54) is 13.2 Å². The zero-order chi connectivity index (χ0) is 25.4. The summed E-state index contributed by atoms with van der Waals surface area (Å²) in [7, 11) is 1.46. The van der Waals surface area contributed by atoms with Crippen LogP contribution in [-0.4, -0.2) is 46.1 Å². The number of aryl methyl sites for hydroxylation is 2. The number of amides is 1. The first-order valence-corrected chi connectivity index (χ1v) is 12.0. The highest BCUT2D eigenvalue weighted by Crippen LogP contribution is 2.28. The summed E-state index contributed by atoms with van der Waals surface area (Å²) in [5.74, 6) is -0.355. The number of carbonyl (C=O) groups is 1. The van der Waals surface area contributed by atoms with E-state index in [-0.39, 0.29) is 24.0 Å². The summed E-state index contributed by atoms with van der Waals surface area (Å²) >= 11 is 0. The number of halogens is 1. The van der Waals surface area contributed by atoms with Crippen molar-refractivity contribution in [3.8, 4) is 17.0 Å². The van der Waals surface area contributed by atoms with Gasteiger partial charge in [0.05, 0.1) is 25.9 Å². The van der Waals surface area contributed by atoms with Gasteiger partial charge < -0.3 is 15.0 Å². The fourth-order valence-electron chi connectivity index (χ4n) is 3.98. The van der Waals surface area contributed by atoms with Crippen LogP contribution < -0.4 is 10.1 Å². The standard InChI is InChI=1S/C27H34FN5O2/c1-6-8-9-21-14-23(20-10-12-29-13-11-20)19(4)32-26(21)31-17-33(7-2)27(34)18(3)22-15-25(35-5)30-16-24(22)28/h10-16,18H,6-9,17H2,1-5H3,(H,31,32)/t18-/m1/s1. The summed E-state index contributed by atoms with van der Waals surface area (Å²) in [6, 6.07) is 7.61. The Kier molecular flexibility index (Phi) is 9.11. The second-order valence-corrected chi connectivity index (χ2v) is 8.47. The van der Waals surface area contributed by atoms with Gasteiger partial charge in [0.25, 0.3) is 0 Å². The van der Waals surface area contributed by atoms with Gasteiger partial charge in [-0.2, -0.15) is 0 Å². The molecule has 3 aromatic rings. The molecule has 8 heteroatoms. The molecule has 0 unspecified atom stereocenters. The quantitative estimate of drug-likeness (QED) is 0.373. The molecule has 1 atom stereocenters. The van der Waals surface area contributed by atoms with E-state index in [1.54, 1.807) is 24.2 Å². The van der Waals surface area contributed by atoms with Gasteiger partial charge in [-0.1, -0.05) is 13.3 Å². The van der Waals surface area contributed by atoms with E-state index in [2.05, 4.69) is 28.3 Å². The number of methoxy groups -OCH3 is 1. The van der Waals surface area contributed by atoms with Crippen LogP contribution in [0.4, 0.5) is 10.2 Å². The van der Waals surface area contributed by atoms with Gasteiger partial charge in [0.15, 0.2) is 0 Å². The molecule has 0 bridgehead atoms. The van der Waals surface area contributed by atoms with E-state index in [4.69, 9.17) is 9.72 Å². The number of nitrogens with zero attached hydrogens (tertiary/aromatic N) is 4. The predicted octanol–water partition coefficient (Wildman–Crippen LogP) is 5.36. The van der Waals surface area contributed by atoms with Gasteiger partial charge in [-0.05, 0) is 62.9 Å². The van der Waals surface area contributed by atoms with E-state index in [1.807, 2.05) is 26.0 Å². The molecule has 35 heavy (non-hydrogen) atoms. The molecule has 3 rings (SSSR count). The minimum atomic E-state index is -0.683. The average molecular weight is 480 g/mol. The lowest BCUT2D eigenvalue weighted by Gasteiger charge is -2.26. The number of pyridine rings is 3. The molecule has 1 amide bonds. The van der Waals surface area contributed by atoms with E-state index in [9.17, 15) is 9.18 Å². The Morgan fingerprint density at radius 2 is 1.97 bits per heavy atom. The summed E-state index contributed by atoms with van der Waals surface area (Å²) in [6.07, 6.45) is 7.62. The highest BCUT2D eigenvalue weighted by molar-refractivity contribution is 5.83. The number of aromatic nitrogens is 3. The summed E-state index contributed by atoms with van der Waals surface area (Å²) in [5, 5.41) is 3.37. The van der Waals surface area contributed by atoms with Gasteiger partial charge in [-0.15, -0.1) is 0 Å². The van der Waals surface area contributed by atoms with Crippen molar-refractivity contribution in [1.29, 1.82) is 0 Å². The first-order chi connectivity index (χ1) is 16.9. The third kappa shape index (κ3) is 6.32. The highest BCUT2D eigenvalue weighted by Gasteiger charge is 2.25. The number of likely N-dealkylation sites (N-methyl/N-ethyl adjacent to an activating group) is 1. The fourth-order valence-corrected chi connectivity index (χ4v) is 3.98. The zero-order valence-electron chi connectivity index (χ0n) is 21.1. The number of anilines is 1. The minimum Gasteiger partial charge on any atom is -0.481 e. The highest BCUT2D eigenvalue weighted by atomic mass is 19.1. The van der Waals surface area contributed by atoms with E-state index in [0.29, 0.717) is 6.54 Å². The van der Waals surface area contributed by atoms with Crippen LogP contribution in [0.5, 0.6) is 5.88 Å². The molecule has 3 heterocycles. The first kappa shape index (κ1) is 26.1. The number of carbonyl (C=O) groups excluding carboxylic acids is 1. The van der Waals surface area contributed by atoms with E-state index >= 15 is 0 Å². The summed E-state index contributed by atoms with van der Waals surface area (Å²) in [6.45, 7) is 8.47. The van der Waals surface area contributed by atoms with Crippen LogP contribution in [0, 0.1) is 12.7 Å². The Morgan fingerprint density at radius 3 is 2.63 bits per heavy atom. The largest absolute Gasteiger partial charge is 0.481 e. The van der Waals surface area contributed by atoms with Gasteiger partial charge in [0.1, 0.15) is 11.6 Å². The number of rotatable bonds is 11. The molecule has 0 aromatic carbocycles. The maximum Gasteiger partial charge on any atom is 0.231 e. The second kappa shape index (κ2) is 12.2. The van der Waals surface area contributed by atoms with Gasteiger partial charge in [-0.25, -0.2) is 14.4 Å². The van der Waals surface area contributed by atoms with E-state index in [0.717, 1.165) is 53.7 Å². The van der Waals surface area contributed by atoms with Crippen molar-refractivity contribution in [3.05, 3.63) is 65.5 Å². The van der Waals surface area contributed by atoms with Crippen LogP contribution in [-0.2, 0) is 11.2 Å². The van der Waals surface area contributed by atoms with Gasteiger partial charge >= 0.3 is 0 Å². The summed E-state index contributed by atoms with van der Waals surface area (Å²) < 4.78 is 19.5. The first-order valence-electron chi connectivity index (χ1n) is 12.0. The van der Waals surface area contributed by atoms with Crippen molar-refractivity contribution in [1.82, 2.24) is 19.9 Å². The van der Waals surface area contributed by atoms with Crippen molar-refractivity contribution in [2.24, 2.45) is 0 Å². The maximum absolute atomic E-state index is 14.4. The Balaban J connectivity index is 1.82. The average Bonchev–Trinajstić information content (AvgIpc) is 2.88. The molecule has 0 aliphatic rings. The molecular formula is C27H34FN5O2. The lowest BCUT2D eigenvalue weighted by atomic mass is 10.00. The molecule has 0 fully saturated rings. The van der Waals surface area contributed by atoms with Crippen LogP contribution in [0.1, 0.15) is 56.4 Å². The number of unbranched alkanes of at least 4 members (excludes halogenated alkanes) is 1. The van der Waals surface area contributed by atoms with Crippen LogP contribution in [0.2, 0.25) is 0 Å². The predicted molar refractivity (Wildman–Crippen MR) is 136 cm³/mol. The van der Waals surface area contributed by atoms with E-state index < -0.39 is 11.7 Å². The SMILES string of the molecule is CCCCc1cc(-c2ccncc2)c(C)nc1NCN(CC)C(=O)[C@H](C)c1cc(OC)ncc1F. The van der Waals surface area contributed by atoms with Gasteiger partial charge in [0, 0.05) is 41.8 Å². The lowest BCUT2D eigenvalue weighted by Crippen LogP contribution is -2.38. The van der Waals surface area contributed by atoms with Crippen LogP contribution >= 0.6 is 0 Å². The van der Waals surface area contributed by atoms with Crippen LogP contribution in [0.15, 0.2) is 42.9 Å². The topological polar surface area (TPSA) is 80.2 Å². The summed E-state index contributed by atoms with van der Waals surface area (Å²) in [4.78, 5) is 27.7. The van der Waals surface area contributed by atoms with Crippen molar-refractivity contribution in [3.63, 3.8) is 0 Å². The van der Waals surface area contributed by atoms with Crippen LogP contribution in [0.3, 0.4) is 0 Å². The molecule has 0 spiro atoms. The summed E-state index contributed by atoms with van der Waals surface area (Å²) in [5.41, 5.74) is 4.41. The normalized spacial score (nSPS) is 11.7. The zero-order valence-corrected chi connectivity index (χ0v) is 21.1. The Bertz CT molecular complexity index is 1140. The van der Waals surface area contributed by atoms with Crippen molar-refractivity contribution in [2.75, 3.05) is 25.6 Å². The number of nitrogens with one attached hydrogen (secondary N) is 1. The second-order valence-electron chi connectivity index (χ2n) is 8.47. The molecule has 0 radical (unpaired) electrons. The molecule has 0 saturated heterocycles. The molecule has 0 saturated carbocycles. The molecule has 1 N–H and O–H groups in total. The monoisotopic (exact) mass is 479 g/mol. The van der Waals surface area contributed by atoms with Crippen molar-refractivity contribution < 1.29 is 13.9 Å².